The topological polar surface area (TPSA) is 46.0 Å². The number of aromatic hydroxyl groups is 1. The Bertz CT molecular complexity index is 1680. The summed E-state index contributed by atoms with van der Waals surface area (Å²) in [7, 11) is 0. The van der Waals surface area contributed by atoms with Crippen molar-refractivity contribution in [2.45, 2.75) is 9.92 Å². The number of hydrogen-bond acceptors (Lipinski definition) is 4. The second-order valence-corrected chi connectivity index (χ2v) is 9.60. The molecule has 0 fully saturated rings. The van der Waals surface area contributed by atoms with Gasteiger partial charge in [-0.2, -0.15) is 0 Å². The smallest absolute Gasteiger partial charge is 0.124 e. The number of phenols is 1. The van der Waals surface area contributed by atoms with E-state index in [0.29, 0.717) is 5.56 Å². The first-order valence-electron chi connectivity index (χ1n) is 11.7. The highest BCUT2D eigenvalue weighted by Gasteiger charge is 2.12. The van der Waals surface area contributed by atoms with Crippen LogP contribution in [0.2, 0.25) is 0 Å². The van der Waals surface area contributed by atoms with E-state index in [4.69, 9.17) is 4.98 Å². The van der Waals surface area contributed by atoms with E-state index in [1.54, 1.807) is 17.8 Å². The highest BCUT2D eigenvalue weighted by Crippen LogP contribution is 2.35. The molecule has 0 spiro atoms. The van der Waals surface area contributed by atoms with Crippen molar-refractivity contribution >= 4 is 22.5 Å². The van der Waals surface area contributed by atoms with Gasteiger partial charge in [0.05, 0.1) is 11.4 Å². The molecule has 4 heteroatoms. The van der Waals surface area contributed by atoms with Gasteiger partial charge in [-0.15, -0.1) is 0 Å². The first kappa shape index (κ1) is 22.1. The molecule has 6 rings (SSSR count). The van der Waals surface area contributed by atoms with Gasteiger partial charge in [0.1, 0.15) is 10.8 Å². The molecular formula is C32H22N2OS. The summed E-state index contributed by atoms with van der Waals surface area (Å²) in [6.45, 7) is 0. The van der Waals surface area contributed by atoms with E-state index >= 15 is 0 Å². The Balaban J connectivity index is 1.42. The minimum atomic E-state index is 0.216. The molecule has 0 aliphatic heterocycles. The molecule has 36 heavy (non-hydrogen) atoms. The van der Waals surface area contributed by atoms with Crippen LogP contribution < -0.4 is 0 Å². The SMILES string of the molecule is Oc1ccccc1-c1cc(-c2ccccc2)cc(-c2cccc(Sc3cc4ccccc4cn3)c2)n1. The van der Waals surface area contributed by atoms with Crippen LogP contribution >= 0.6 is 11.8 Å². The Labute approximate surface area is 214 Å². The lowest BCUT2D eigenvalue weighted by atomic mass is 10.00. The number of rotatable bonds is 5. The molecule has 0 amide bonds. The van der Waals surface area contributed by atoms with Crippen molar-refractivity contribution in [1.82, 2.24) is 9.97 Å². The van der Waals surface area contributed by atoms with E-state index in [1.807, 2.05) is 60.8 Å². The van der Waals surface area contributed by atoms with Gasteiger partial charge in [0.25, 0.3) is 0 Å². The number of benzene rings is 4. The Kier molecular flexibility index (Phi) is 5.94. The van der Waals surface area contributed by atoms with Crippen LogP contribution in [-0.2, 0) is 0 Å². The Morgan fingerprint density at radius 3 is 2.14 bits per heavy atom. The second-order valence-electron chi connectivity index (χ2n) is 8.51. The van der Waals surface area contributed by atoms with E-state index < -0.39 is 0 Å². The predicted octanol–water partition coefficient (Wildman–Crippen LogP) is 8.49. The van der Waals surface area contributed by atoms with E-state index in [9.17, 15) is 5.11 Å². The monoisotopic (exact) mass is 482 g/mol. The number of aromatic nitrogens is 2. The van der Waals surface area contributed by atoms with Crippen molar-refractivity contribution in [2.75, 3.05) is 0 Å². The number of para-hydroxylation sites is 1. The maximum absolute atomic E-state index is 10.5. The molecule has 0 saturated carbocycles. The summed E-state index contributed by atoms with van der Waals surface area (Å²) in [5.41, 5.74) is 5.46. The van der Waals surface area contributed by atoms with Crippen LogP contribution in [0.4, 0.5) is 0 Å². The van der Waals surface area contributed by atoms with Gasteiger partial charge in [0, 0.05) is 27.6 Å². The van der Waals surface area contributed by atoms with Crippen molar-refractivity contribution in [1.29, 1.82) is 0 Å². The zero-order valence-electron chi connectivity index (χ0n) is 19.4. The molecule has 4 aromatic carbocycles. The lowest BCUT2D eigenvalue weighted by molar-refractivity contribution is 0.477. The zero-order valence-corrected chi connectivity index (χ0v) is 20.2. The van der Waals surface area contributed by atoms with Gasteiger partial charge >= 0.3 is 0 Å². The summed E-state index contributed by atoms with van der Waals surface area (Å²) < 4.78 is 0. The maximum Gasteiger partial charge on any atom is 0.124 e. The van der Waals surface area contributed by atoms with Gasteiger partial charge < -0.3 is 5.11 Å². The molecule has 6 aromatic rings. The van der Waals surface area contributed by atoms with Crippen molar-refractivity contribution in [2.24, 2.45) is 0 Å². The van der Waals surface area contributed by atoms with Crippen LogP contribution in [0.3, 0.4) is 0 Å². The van der Waals surface area contributed by atoms with E-state index in [1.165, 1.54) is 5.39 Å². The Hall–Kier alpha value is -4.41. The number of fused-ring (bicyclic) bond motifs is 1. The molecule has 0 unspecified atom stereocenters. The van der Waals surface area contributed by atoms with E-state index in [0.717, 1.165) is 43.4 Å². The highest BCUT2D eigenvalue weighted by atomic mass is 32.2. The van der Waals surface area contributed by atoms with Gasteiger partial charge in [-0.3, -0.25) is 0 Å². The molecule has 0 saturated heterocycles. The fourth-order valence-electron chi connectivity index (χ4n) is 4.26. The normalized spacial score (nSPS) is 11.0. The first-order chi connectivity index (χ1) is 17.7. The highest BCUT2D eigenvalue weighted by molar-refractivity contribution is 7.99. The average Bonchev–Trinajstić information content (AvgIpc) is 2.94. The molecule has 2 heterocycles. The van der Waals surface area contributed by atoms with Gasteiger partial charge in [0.2, 0.25) is 0 Å². The molecule has 2 aromatic heterocycles. The molecule has 0 atom stereocenters. The lowest BCUT2D eigenvalue weighted by Gasteiger charge is -2.12. The zero-order chi connectivity index (χ0) is 24.3. The maximum atomic E-state index is 10.5. The molecular weight excluding hydrogens is 460 g/mol. The van der Waals surface area contributed by atoms with Crippen LogP contribution in [0.5, 0.6) is 5.75 Å². The van der Waals surface area contributed by atoms with Crippen LogP contribution in [0.15, 0.2) is 137 Å². The summed E-state index contributed by atoms with van der Waals surface area (Å²) in [5, 5.41) is 13.8. The quantitative estimate of drug-likeness (QED) is 0.268. The fourth-order valence-corrected chi connectivity index (χ4v) is 5.13. The molecule has 3 nitrogen and oxygen atoms in total. The van der Waals surface area contributed by atoms with E-state index in [2.05, 4.69) is 65.6 Å². The summed E-state index contributed by atoms with van der Waals surface area (Å²) in [6.07, 6.45) is 1.92. The van der Waals surface area contributed by atoms with Crippen molar-refractivity contribution in [3.8, 4) is 39.4 Å². The third kappa shape index (κ3) is 4.59. The van der Waals surface area contributed by atoms with Gasteiger partial charge in [-0.1, -0.05) is 90.6 Å². The minimum absolute atomic E-state index is 0.216. The third-order valence-electron chi connectivity index (χ3n) is 6.07. The molecule has 0 aliphatic rings. The Morgan fingerprint density at radius 1 is 0.556 bits per heavy atom. The second kappa shape index (κ2) is 9.68. The first-order valence-corrected chi connectivity index (χ1v) is 12.5. The average molecular weight is 483 g/mol. The lowest BCUT2D eigenvalue weighted by Crippen LogP contribution is -1.92. The van der Waals surface area contributed by atoms with Crippen molar-refractivity contribution in [3.05, 3.63) is 128 Å². The van der Waals surface area contributed by atoms with Crippen molar-refractivity contribution < 1.29 is 5.11 Å². The van der Waals surface area contributed by atoms with Crippen molar-refractivity contribution in [3.63, 3.8) is 0 Å². The molecule has 0 aliphatic carbocycles. The Morgan fingerprint density at radius 2 is 1.28 bits per heavy atom. The molecule has 1 N–H and O–H groups in total. The standard InChI is InChI=1S/C32H22N2OS/c35-31-16-7-6-15-28(31)30-19-26(22-9-2-1-3-10-22)18-29(34-30)24-13-8-14-27(17-24)36-32-20-23-11-4-5-12-25(23)21-33-32/h1-21,35H. The number of hydrogen-bond donors (Lipinski definition) is 1. The molecule has 0 radical (unpaired) electrons. The van der Waals surface area contributed by atoms with Gasteiger partial charge in [0.15, 0.2) is 0 Å². The van der Waals surface area contributed by atoms with Crippen LogP contribution in [-0.4, -0.2) is 15.1 Å². The third-order valence-corrected chi connectivity index (χ3v) is 6.99. The predicted molar refractivity (Wildman–Crippen MR) is 148 cm³/mol. The summed E-state index contributed by atoms with van der Waals surface area (Å²) in [4.78, 5) is 10.7. The number of phenolic OH excluding ortho intramolecular Hbond substituents is 1. The summed E-state index contributed by atoms with van der Waals surface area (Å²) in [6, 6.07) is 40.5. The molecule has 0 bridgehead atoms. The number of pyridine rings is 2. The van der Waals surface area contributed by atoms with E-state index in [-0.39, 0.29) is 5.75 Å². The minimum Gasteiger partial charge on any atom is -0.507 e. The number of nitrogens with zero attached hydrogens (tertiary/aromatic N) is 2. The largest absolute Gasteiger partial charge is 0.507 e. The fraction of sp³-hybridized carbons (Fsp3) is 0. The van der Waals surface area contributed by atoms with Crippen LogP contribution in [0.25, 0.3) is 44.4 Å². The van der Waals surface area contributed by atoms with Gasteiger partial charge in [-0.25, -0.2) is 9.97 Å². The van der Waals surface area contributed by atoms with Gasteiger partial charge in [-0.05, 0) is 59.0 Å². The van der Waals surface area contributed by atoms with Crippen LogP contribution in [0, 0.1) is 0 Å². The van der Waals surface area contributed by atoms with Crippen LogP contribution in [0.1, 0.15) is 0 Å². The summed E-state index contributed by atoms with van der Waals surface area (Å²) in [5.74, 6) is 0.216. The molecule has 172 valence electrons. The summed E-state index contributed by atoms with van der Waals surface area (Å²) >= 11 is 1.64.